The summed E-state index contributed by atoms with van der Waals surface area (Å²) in [5, 5.41) is 0. The number of rotatable bonds is 5. The Balaban J connectivity index is 1.65. The van der Waals surface area contributed by atoms with Crippen LogP contribution in [0, 0.1) is 0 Å². The molecule has 0 fully saturated rings. The molecule has 0 spiro atoms. The van der Waals surface area contributed by atoms with Gasteiger partial charge in [-0.05, 0) is 42.5 Å². The van der Waals surface area contributed by atoms with Crippen LogP contribution >= 0.6 is 0 Å². The van der Waals surface area contributed by atoms with Crippen LogP contribution in [0.25, 0.3) is 11.3 Å². The first-order valence-corrected chi connectivity index (χ1v) is 8.41. The third kappa shape index (κ3) is 3.73. The predicted octanol–water partition coefficient (Wildman–Crippen LogP) is 6.33. The number of nitrogens with zero attached hydrogens (tertiary/aromatic N) is 1. The van der Waals surface area contributed by atoms with Gasteiger partial charge in [0, 0.05) is 11.6 Å². The van der Waals surface area contributed by atoms with E-state index in [9.17, 15) is 0 Å². The molecule has 3 nitrogen and oxygen atoms in total. The minimum atomic E-state index is 0.545. The molecule has 0 aliphatic heterocycles. The van der Waals surface area contributed by atoms with E-state index in [-0.39, 0.29) is 0 Å². The lowest BCUT2D eigenvalue weighted by Gasteiger charge is -2.12. The Morgan fingerprint density at radius 3 is 1.85 bits per heavy atom. The van der Waals surface area contributed by atoms with Crippen molar-refractivity contribution in [2.75, 3.05) is 0 Å². The zero-order chi connectivity index (χ0) is 17.6. The SMILES string of the molecule is c1ccc(Oc2cccc(-c3ccccc3Oc3ccccc3)n2)cc1. The summed E-state index contributed by atoms with van der Waals surface area (Å²) >= 11 is 0. The fourth-order valence-electron chi connectivity index (χ4n) is 2.61. The van der Waals surface area contributed by atoms with Gasteiger partial charge in [-0.1, -0.05) is 54.6 Å². The topological polar surface area (TPSA) is 31.4 Å². The third-order valence-corrected chi connectivity index (χ3v) is 3.82. The first-order chi connectivity index (χ1) is 12.9. The molecular weight excluding hydrogens is 322 g/mol. The number of hydrogen-bond acceptors (Lipinski definition) is 3. The first kappa shape index (κ1) is 15.9. The van der Waals surface area contributed by atoms with E-state index in [2.05, 4.69) is 4.98 Å². The molecule has 4 rings (SSSR count). The van der Waals surface area contributed by atoms with Crippen LogP contribution in [0.1, 0.15) is 0 Å². The van der Waals surface area contributed by atoms with Crippen molar-refractivity contribution in [3.63, 3.8) is 0 Å². The minimum absolute atomic E-state index is 0.545. The van der Waals surface area contributed by atoms with Crippen LogP contribution in [-0.2, 0) is 0 Å². The number of ether oxygens (including phenoxy) is 2. The van der Waals surface area contributed by atoms with Gasteiger partial charge in [0.2, 0.25) is 5.88 Å². The number of aromatic nitrogens is 1. The van der Waals surface area contributed by atoms with Crippen LogP contribution in [-0.4, -0.2) is 4.98 Å². The van der Waals surface area contributed by atoms with Gasteiger partial charge in [-0.25, -0.2) is 4.98 Å². The summed E-state index contributed by atoms with van der Waals surface area (Å²) in [7, 11) is 0. The summed E-state index contributed by atoms with van der Waals surface area (Å²) in [5.41, 5.74) is 1.71. The number of pyridine rings is 1. The van der Waals surface area contributed by atoms with E-state index in [1.165, 1.54) is 0 Å². The Morgan fingerprint density at radius 2 is 1.12 bits per heavy atom. The van der Waals surface area contributed by atoms with Crippen LogP contribution in [0.15, 0.2) is 103 Å². The zero-order valence-electron chi connectivity index (χ0n) is 14.1. The van der Waals surface area contributed by atoms with Crippen molar-refractivity contribution in [1.29, 1.82) is 0 Å². The van der Waals surface area contributed by atoms with Gasteiger partial charge in [-0.2, -0.15) is 0 Å². The highest BCUT2D eigenvalue weighted by molar-refractivity contribution is 5.68. The van der Waals surface area contributed by atoms with Gasteiger partial charge >= 0.3 is 0 Å². The van der Waals surface area contributed by atoms with Crippen molar-refractivity contribution in [2.24, 2.45) is 0 Å². The molecule has 3 aromatic carbocycles. The molecule has 0 N–H and O–H groups in total. The average molecular weight is 339 g/mol. The summed E-state index contributed by atoms with van der Waals surface area (Å²) in [6.07, 6.45) is 0. The van der Waals surface area contributed by atoms with E-state index in [4.69, 9.17) is 9.47 Å². The molecule has 126 valence electrons. The molecule has 0 atom stereocenters. The second-order valence-electron chi connectivity index (χ2n) is 5.69. The van der Waals surface area contributed by atoms with Crippen molar-refractivity contribution >= 4 is 0 Å². The lowest BCUT2D eigenvalue weighted by Crippen LogP contribution is -1.92. The van der Waals surface area contributed by atoms with Crippen LogP contribution in [0.5, 0.6) is 23.1 Å². The predicted molar refractivity (Wildman–Crippen MR) is 103 cm³/mol. The van der Waals surface area contributed by atoms with Crippen molar-refractivity contribution < 1.29 is 9.47 Å². The van der Waals surface area contributed by atoms with Crippen molar-refractivity contribution in [2.45, 2.75) is 0 Å². The highest BCUT2D eigenvalue weighted by Crippen LogP contribution is 2.33. The molecule has 26 heavy (non-hydrogen) atoms. The second kappa shape index (κ2) is 7.53. The van der Waals surface area contributed by atoms with E-state index in [1.807, 2.05) is 103 Å². The first-order valence-electron chi connectivity index (χ1n) is 8.41. The Morgan fingerprint density at radius 1 is 0.500 bits per heavy atom. The van der Waals surface area contributed by atoms with Gasteiger partial charge < -0.3 is 9.47 Å². The van der Waals surface area contributed by atoms with E-state index >= 15 is 0 Å². The number of hydrogen-bond donors (Lipinski definition) is 0. The van der Waals surface area contributed by atoms with Gasteiger partial charge in [0.25, 0.3) is 0 Å². The smallest absolute Gasteiger partial charge is 0.219 e. The summed E-state index contributed by atoms with van der Waals surface area (Å²) in [6, 6.07) is 32.9. The maximum absolute atomic E-state index is 6.04. The molecule has 0 saturated heterocycles. The average Bonchev–Trinajstić information content (AvgIpc) is 2.70. The lowest BCUT2D eigenvalue weighted by molar-refractivity contribution is 0.463. The van der Waals surface area contributed by atoms with Crippen LogP contribution < -0.4 is 9.47 Å². The molecule has 4 aromatic rings. The molecule has 0 saturated carbocycles. The number of para-hydroxylation sites is 3. The van der Waals surface area contributed by atoms with Crippen LogP contribution in [0.2, 0.25) is 0 Å². The van der Waals surface area contributed by atoms with Gasteiger partial charge in [0.1, 0.15) is 17.2 Å². The van der Waals surface area contributed by atoms with Gasteiger partial charge in [0.15, 0.2) is 0 Å². The highest BCUT2D eigenvalue weighted by atomic mass is 16.5. The highest BCUT2D eigenvalue weighted by Gasteiger charge is 2.09. The molecule has 0 unspecified atom stereocenters. The maximum atomic E-state index is 6.04. The fourth-order valence-corrected chi connectivity index (χ4v) is 2.61. The minimum Gasteiger partial charge on any atom is -0.457 e. The maximum Gasteiger partial charge on any atom is 0.219 e. The molecule has 0 amide bonds. The Hall–Kier alpha value is -3.59. The molecule has 0 bridgehead atoms. The molecular formula is C23H17NO2. The van der Waals surface area contributed by atoms with Crippen molar-refractivity contribution in [1.82, 2.24) is 4.98 Å². The van der Waals surface area contributed by atoms with E-state index < -0.39 is 0 Å². The summed E-state index contributed by atoms with van der Waals surface area (Å²) < 4.78 is 11.9. The number of benzene rings is 3. The largest absolute Gasteiger partial charge is 0.457 e. The standard InChI is InChI=1S/C23H17NO2/c1-3-10-18(11-4-1)25-22-16-8-7-14-20(22)21-15-9-17-23(24-21)26-19-12-5-2-6-13-19/h1-17H. The zero-order valence-corrected chi connectivity index (χ0v) is 14.1. The fraction of sp³-hybridized carbons (Fsp3) is 0. The summed E-state index contributed by atoms with van der Waals surface area (Å²) in [5.74, 6) is 2.84. The van der Waals surface area contributed by atoms with Gasteiger partial charge in [-0.3, -0.25) is 0 Å². The van der Waals surface area contributed by atoms with Crippen molar-refractivity contribution in [3.05, 3.63) is 103 Å². The van der Waals surface area contributed by atoms with Crippen molar-refractivity contribution in [3.8, 4) is 34.4 Å². The Kier molecular flexibility index (Phi) is 4.61. The molecule has 0 aliphatic carbocycles. The molecule has 0 aliphatic rings. The van der Waals surface area contributed by atoms with E-state index in [1.54, 1.807) is 0 Å². The van der Waals surface area contributed by atoms with E-state index in [0.717, 1.165) is 28.5 Å². The monoisotopic (exact) mass is 339 g/mol. The molecule has 0 radical (unpaired) electrons. The lowest BCUT2D eigenvalue weighted by atomic mass is 10.1. The normalized spacial score (nSPS) is 10.3. The van der Waals surface area contributed by atoms with Crippen LogP contribution in [0.3, 0.4) is 0 Å². The summed E-state index contributed by atoms with van der Waals surface area (Å²) in [6.45, 7) is 0. The third-order valence-electron chi connectivity index (χ3n) is 3.82. The van der Waals surface area contributed by atoms with E-state index in [0.29, 0.717) is 5.88 Å². The van der Waals surface area contributed by atoms with Crippen LogP contribution in [0.4, 0.5) is 0 Å². The molecule has 1 heterocycles. The second-order valence-corrected chi connectivity index (χ2v) is 5.69. The molecule has 1 aromatic heterocycles. The molecule has 3 heteroatoms. The quantitative estimate of drug-likeness (QED) is 0.425. The summed E-state index contributed by atoms with van der Waals surface area (Å²) in [4.78, 5) is 4.64. The Labute approximate surface area is 152 Å². The van der Waals surface area contributed by atoms with Gasteiger partial charge in [0.05, 0.1) is 5.69 Å². The van der Waals surface area contributed by atoms with Gasteiger partial charge in [-0.15, -0.1) is 0 Å². The Bertz CT molecular complexity index is 985.